The van der Waals surface area contributed by atoms with Gasteiger partial charge in [-0.05, 0) is 130 Å². The lowest BCUT2D eigenvalue weighted by atomic mass is 9.70. The van der Waals surface area contributed by atoms with Crippen molar-refractivity contribution < 1.29 is 0 Å². The van der Waals surface area contributed by atoms with E-state index < -0.39 is 5.41 Å². The fourth-order valence-corrected chi connectivity index (χ4v) is 12.9. The van der Waals surface area contributed by atoms with Gasteiger partial charge in [0.2, 0.25) is 0 Å². The van der Waals surface area contributed by atoms with Crippen LogP contribution in [0.1, 0.15) is 47.2 Å². The molecule has 0 aromatic heterocycles. The molecule has 0 unspecified atom stereocenters. The normalized spacial score (nSPS) is 13.7. The quantitative estimate of drug-likeness (QED) is 0.154. The van der Waals surface area contributed by atoms with E-state index in [4.69, 9.17) is 0 Å². The Morgan fingerprint density at radius 2 is 0.690 bits per heavy atom. The molecule has 11 aromatic rings. The fourth-order valence-electron chi connectivity index (χ4n) is 12.9. The molecule has 0 bridgehead atoms. The Morgan fingerprint density at radius 1 is 0.254 bits per heavy atom. The van der Waals surface area contributed by atoms with Gasteiger partial charge in [-0.25, -0.2) is 0 Å². The molecule has 0 amide bonds. The Balaban J connectivity index is 1.08. The van der Waals surface area contributed by atoms with Crippen molar-refractivity contribution in [3.63, 3.8) is 0 Å². The van der Waals surface area contributed by atoms with Gasteiger partial charge in [-0.15, -0.1) is 0 Å². The molecule has 334 valence electrons. The smallest absolute Gasteiger partial charge is 0.0726 e. The minimum absolute atomic E-state index is 0.0929. The summed E-state index contributed by atoms with van der Waals surface area (Å²) in [6, 6.07) is 97.6. The first-order chi connectivity index (χ1) is 35.0. The van der Waals surface area contributed by atoms with Gasteiger partial charge in [0.15, 0.2) is 0 Å². The highest BCUT2D eigenvalue weighted by Gasteiger charge is 2.51. The maximum atomic E-state index is 2.58. The first-order valence-corrected chi connectivity index (χ1v) is 24.9. The second-order valence-corrected chi connectivity index (χ2v) is 19.9. The van der Waals surface area contributed by atoms with Crippen molar-refractivity contribution in [2.75, 3.05) is 4.90 Å². The Bertz CT molecular complexity index is 3850. The standard InChI is InChI=1S/C70H49N/c1-69(2)60-34-16-11-31-56(60)59-44-48(40-43-61(59)69)51-27-15-20-38-66(51)71(67-39-21-33-52(47-24-7-4-8-25-47)68(67)58-32-10-9-26-50(58)46-22-5-3-6-23-46)49-41-42-57-55-30-14-19-37-64(55)70(65(57)45-49)62-35-17-12-28-53(62)54-29-13-18-36-63(54)70/h3-45H,1-2H3. The van der Waals surface area contributed by atoms with Gasteiger partial charge in [-0.3, -0.25) is 0 Å². The third kappa shape index (κ3) is 6.00. The summed E-state index contributed by atoms with van der Waals surface area (Å²) in [6.45, 7) is 4.73. The molecule has 11 aromatic carbocycles. The van der Waals surface area contributed by atoms with Crippen LogP contribution < -0.4 is 4.90 Å². The summed E-state index contributed by atoms with van der Waals surface area (Å²) in [7, 11) is 0. The van der Waals surface area contributed by atoms with E-state index in [1.54, 1.807) is 0 Å². The lowest BCUT2D eigenvalue weighted by Crippen LogP contribution is -2.26. The fraction of sp³-hybridized carbons (Fsp3) is 0.0571. The Hall–Kier alpha value is -8.78. The molecule has 3 aliphatic rings. The number of fused-ring (bicyclic) bond motifs is 13. The first-order valence-electron chi connectivity index (χ1n) is 24.9. The number of rotatable bonds is 7. The molecule has 3 aliphatic carbocycles. The molecular formula is C70H49N. The van der Waals surface area contributed by atoms with Gasteiger partial charge < -0.3 is 4.90 Å². The van der Waals surface area contributed by atoms with E-state index in [1.165, 1.54) is 111 Å². The Labute approximate surface area is 416 Å². The second kappa shape index (κ2) is 15.9. The van der Waals surface area contributed by atoms with Crippen LogP contribution in [0.25, 0.3) is 77.9 Å². The van der Waals surface area contributed by atoms with Gasteiger partial charge in [0, 0.05) is 22.2 Å². The second-order valence-electron chi connectivity index (χ2n) is 19.9. The van der Waals surface area contributed by atoms with E-state index in [2.05, 4.69) is 280 Å². The SMILES string of the molecule is CC1(C)c2ccccc2-c2cc(-c3ccccc3N(c3ccc4c(c3)C3(c5ccccc5-c5ccccc53)c3ccccc3-4)c3cccc(-c4ccccc4)c3-c3ccccc3-c3ccccc3)ccc21. The minimum atomic E-state index is -0.505. The number of benzene rings is 11. The first kappa shape index (κ1) is 41.2. The zero-order chi connectivity index (χ0) is 47.3. The molecule has 0 fully saturated rings. The minimum Gasteiger partial charge on any atom is -0.309 e. The summed E-state index contributed by atoms with van der Waals surface area (Å²) in [5.41, 5.74) is 28.0. The largest absolute Gasteiger partial charge is 0.309 e. The van der Waals surface area contributed by atoms with E-state index in [-0.39, 0.29) is 5.41 Å². The Kier molecular flexibility index (Phi) is 9.22. The highest BCUT2D eigenvalue weighted by atomic mass is 15.1. The lowest BCUT2D eigenvalue weighted by molar-refractivity contribution is 0.660. The van der Waals surface area contributed by atoms with Crippen LogP contribution in [-0.2, 0) is 10.8 Å². The van der Waals surface area contributed by atoms with Crippen molar-refractivity contribution in [3.05, 3.63) is 294 Å². The van der Waals surface area contributed by atoms with Crippen LogP contribution in [0.5, 0.6) is 0 Å². The zero-order valence-electron chi connectivity index (χ0n) is 39.8. The molecule has 0 aliphatic heterocycles. The van der Waals surface area contributed by atoms with Gasteiger partial charge in [-0.1, -0.05) is 244 Å². The van der Waals surface area contributed by atoms with Crippen molar-refractivity contribution in [3.8, 4) is 77.9 Å². The van der Waals surface area contributed by atoms with Gasteiger partial charge in [0.05, 0.1) is 16.8 Å². The highest BCUT2D eigenvalue weighted by molar-refractivity contribution is 6.04. The van der Waals surface area contributed by atoms with Crippen LogP contribution in [0.4, 0.5) is 17.1 Å². The molecule has 0 heterocycles. The number of hydrogen-bond donors (Lipinski definition) is 0. The third-order valence-corrected chi connectivity index (χ3v) is 15.9. The number of hydrogen-bond acceptors (Lipinski definition) is 1. The number of nitrogens with zero attached hydrogens (tertiary/aromatic N) is 1. The number of anilines is 3. The summed E-state index contributed by atoms with van der Waals surface area (Å²) in [4.78, 5) is 2.58. The summed E-state index contributed by atoms with van der Waals surface area (Å²) < 4.78 is 0. The van der Waals surface area contributed by atoms with Crippen LogP contribution in [0, 0.1) is 0 Å². The van der Waals surface area contributed by atoms with Crippen LogP contribution in [0.3, 0.4) is 0 Å². The molecule has 14 rings (SSSR count). The molecule has 0 saturated heterocycles. The van der Waals surface area contributed by atoms with Gasteiger partial charge in [0.25, 0.3) is 0 Å². The summed E-state index contributed by atoms with van der Waals surface area (Å²) in [5, 5.41) is 0. The molecule has 71 heavy (non-hydrogen) atoms. The predicted octanol–water partition coefficient (Wildman–Crippen LogP) is 18.5. The van der Waals surface area contributed by atoms with E-state index in [9.17, 15) is 0 Å². The summed E-state index contributed by atoms with van der Waals surface area (Å²) in [5.74, 6) is 0. The van der Waals surface area contributed by atoms with Gasteiger partial charge in [0.1, 0.15) is 0 Å². The monoisotopic (exact) mass is 903 g/mol. The van der Waals surface area contributed by atoms with Crippen molar-refractivity contribution in [2.24, 2.45) is 0 Å². The molecular weight excluding hydrogens is 855 g/mol. The van der Waals surface area contributed by atoms with Gasteiger partial charge in [-0.2, -0.15) is 0 Å². The van der Waals surface area contributed by atoms with Crippen molar-refractivity contribution >= 4 is 17.1 Å². The molecule has 0 atom stereocenters. The van der Waals surface area contributed by atoms with Crippen molar-refractivity contribution in [1.82, 2.24) is 0 Å². The zero-order valence-corrected chi connectivity index (χ0v) is 39.8. The molecule has 0 saturated carbocycles. The molecule has 1 heteroatoms. The highest BCUT2D eigenvalue weighted by Crippen LogP contribution is 2.64. The topological polar surface area (TPSA) is 3.24 Å². The van der Waals surface area contributed by atoms with Gasteiger partial charge >= 0.3 is 0 Å². The average molecular weight is 904 g/mol. The van der Waals surface area contributed by atoms with E-state index in [0.717, 1.165) is 17.1 Å². The van der Waals surface area contributed by atoms with Crippen LogP contribution in [0.15, 0.2) is 261 Å². The van der Waals surface area contributed by atoms with E-state index >= 15 is 0 Å². The molecule has 1 spiro atoms. The third-order valence-electron chi connectivity index (χ3n) is 15.9. The maximum Gasteiger partial charge on any atom is 0.0726 e. The molecule has 1 nitrogen and oxygen atoms in total. The van der Waals surface area contributed by atoms with Crippen LogP contribution in [0.2, 0.25) is 0 Å². The van der Waals surface area contributed by atoms with Crippen molar-refractivity contribution in [2.45, 2.75) is 24.7 Å². The predicted molar refractivity (Wildman–Crippen MR) is 297 cm³/mol. The summed E-state index contributed by atoms with van der Waals surface area (Å²) >= 11 is 0. The lowest BCUT2D eigenvalue weighted by Gasteiger charge is -2.34. The molecule has 0 radical (unpaired) electrons. The molecule has 0 N–H and O–H groups in total. The van der Waals surface area contributed by atoms with Crippen LogP contribution >= 0.6 is 0 Å². The Morgan fingerprint density at radius 3 is 1.31 bits per heavy atom. The van der Waals surface area contributed by atoms with Crippen LogP contribution in [-0.4, -0.2) is 0 Å². The number of para-hydroxylation sites is 1. The average Bonchev–Trinajstić information content (AvgIpc) is 4.00. The van der Waals surface area contributed by atoms with E-state index in [0.29, 0.717) is 0 Å². The maximum absolute atomic E-state index is 2.58. The van der Waals surface area contributed by atoms with E-state index in [1.807, 2.05) is 0 Å². The van der Waals surface area contributed by atoms with Crippen molar-refractivity contribution in [1.29, 1.82) is 0 Å². The summed E-state index contributed by atoms with van der Waals surface area (Å²) in [6.07, 6.45) is 0.